The van der Waals surface area contributed by atoms with E-state index in [-0.39, 0.29) is 5.56 Å². The lowest BCUT2D eigenvalue weighted by Gasteiger charge is -2.34. The predicted octanol–water partition coefficient (Wildman–Crippen LogP) is 3.48. The largest absolute Gasteiger partial charge is 0.369 e. The van der Waals surface area contributed by atoms with Crippen LogP contribution < -0.4 is 15.8 Å². The molecular weight excluding hydrogens is 376 g/mol. The Balaban J connectivity index is 1.52. The van der Waals surface area contributed by atoms with E-state index in [2.05, 4.69) is 63.3 Å². The number of nitrogens with zero attached hydrogens (tertiary/aromatic N) is 5. The Kier molecular flexibility index (Phi) is 6.28. The van der Waals surface area contributed by atoms with E-state index in [1.165, 1.54) is 5.69 Å². The van der Waals surface area contributed by atoms with E-state index in [0.29, 0.717) is 18.1 Å². The van der Waals surface area contributed by atoms with Gasteiger partial charge in [-0.25, -0.2) is 4.98 Å². The maximum atomic E-state index is 12.4. The number of likely N-dealkylation sites (N-methyl/N-ethyl adjacent to an activating group) is 1. The van der Waals surface area contributed by atoms with Gasteiger partial charge >= 0.3 is 0 Å². The number of benzene rings is 1. The van der Waals surface area contributed by atoms with E-state index in [1.54, 1.807) is 22.9 Å². The van der Waals surface area contributed by atoms with Crippen molar-refractivity contribution in [2.45, 2.75) is 32.7 Å². The van der Waals surface area contributed by atoms with Crippen molar-refractivity contribution in [1.29, 1.82) is 0 Å². The van der Waals surface area contributed by atoms with Crippen LogP contribution in [0.15, 0.2) is 47.4 Å². The van der Waals surface area contributed by atoms with Crippen molar-refractivity contribution in [3.05, 3.63) is 52.9 Å². The minimum Gasteiger partial charge on any atom is -0.369 e. The number of pyridine rings is 1. The molecule has 4 rings (SSSR count). The molecule has 7 heteroatoms. The van der Waals surface area contributed by atoms with Gasteiger partial charge in [0.1, 0.15) is 5.65 Å². The molecule has 0 aliphatic carbocycles. The van der Waals surface area contributed by atoms with E-state index in [4.69, 9.17) is 0 Å². The minimum absolute atomic E-state index is 0.0141. The number of piperazine rings is 1. The summed E-state index contributed by atoms with van der Waals surface area (Å²) in [4.78, 5) is 26.2. The van der Waals surface area contributed by atoms with Gasteiger partial charge in [-0.1, -0.05) is 19.8 Å². The smallest absolute Gasteiger partial charge is 0.252 e. The highest BCUT2D eigenvalue weighted by atomic mass is 16.1. The lowest BCUT2D eigenvalue weighted by atomic mass is 10.2. The number of aromatic nitrogens is 3. The van der Waals surface area contributed by atoms with Crippen LogP contribution in [0.1, 0.15) is 26.2 Å². The molecule has 0 spiro atoms. The van der Waals surface area contributed by atoms with Crippen molar-refractivity contribution in [1.82, 2.24) is 19.4 Å². The standard InChI is InChI=1S/C23H30N6O/c1-3-4-5-12-29-21(30)11-6-18-17-24-23(26-22(18)29)25-19-7-9-20(10-8-19)28-15-13-27(2)14-16-28/h6-11,17H,3-5,12-16H2,1-2H3,(H,24,25,26). The van der Waals surface area contributed by atoms with Gasteiger partial charge in [0.2, 0.25) is 5.95 Å². The molecule has 2 aromatic heterocycles. The van der Waals surface area contributed by atoms with Gasteiger partial charge in [0, 0.05) is 61.7 Å². The molecule has 0 saturated carbocycles. The number of unbranched alkanes of at least 4 members (excludes halogenated alkanes) is 2. The second-order valence-electron chi connectivity index (χ2n) is 7.97. The summed E-state index contributed by atoms with van der Waals surface area (Å²) in [5.41, 5.74) is 2.84. The molecule has 1 aliphatic rings. The van der Waals surface area contributed by atoms with E-state index in [0.717, 1.165) is 56.5 Å². The zero-order valence-corrected chi connectivity index (χ0v) is 17.8. The monoisotopic (exact) mass is 406 g/mol. The number of hydrogen-bond acceptors (Lipinski definition) is 6. The molecule has 1 aliphatic heterocycles. The maximum Gasteiger partial charge on any atom is 0.252 e. The Morgan fingerprint density at radius 3 is 2.50 bits per heavy atom. The first-order valence-corrected chi connectivity index (χ1v) is 10.8. The summed E-state index contributed by atoms with van der Waals surface area (Å²) in [7, 11) is 2.16. The van der Waals surface area contributed by atoms with E-state index < -0.39 is 0 Å². The minimum atomic E-state index is -0.0141. The van der Waals surface area contributed by atoms with E-state index >= 15 is 0 Å². The fourth-order valence-electron chi connectivity index (χ4n) is 3.82. The van der Waals surface area contributed by atoms with Gasteiger partial charge in [0.25, 0.3) is 5.56 Å². The molecule has 3 aromatic rings. The van der Waals surface area contributed by atoms with Gasteiger partial charge in [0.05, 0.1) is 0 Å². The first-order valence-electron chi connectivity index (χ1n) is 10.8. The predicted molar refractivity (Wildman–Crippen MR) is 123 cm³/mol. The molecule has 0 unspecified atom stereocenters. The second-order valence-corrected chi connectivity index (χ2v) is 7.97. The molecule has 0 atom stereocenters. The lowest BCUT2D eigenvalue weighted by molar-refractivity contribution is 0.313. The van der Waals surface area contributed by atoms with Gasteiger partial charge < -0.3 is 15.1 Å². The van der Waals surface area contributed by atoms with Crippen LogP contribution in [0, 0.1) is 0 Å². The van der Waals surface area contributed by atoms with Crippen LogP contribution in [-0.2, 0) is 6.54 Å². The SMILES string of the molecule is CCCCCn1c(=O)ccc2cnc(Nc3ccc(N4CCN(C)CC4)cc3)nc21. The van der Waals surface area contributed by atoms with Crippen molar-refractivity contribution in [2.75, 3.05) is 43.4 Å². The number of rotatable bonds is 7. The molecule has 7 nitrogen and oxygen atoms in total. The van der Waals surface area contributed by atoms with Crippen molar-refractivity contribution in [3.8, 4) is 0 Å². The summed E-state index contributed by atoms with van der Waals surface area (Å²) in [6, 6.07) is 11.8. The molecule has 0 radical (unpaired) electrons. The first kappa shape index (κ1) is 20.3. The van der Waals surface area contributed by atoms with Gasteiger partial charge in [0.15, 0.2) is 0 Å². The normalized spacial score (nSPS) is 14.9. The van der Waals surface area contributed by atoms with Crippen molar-refractivity contribution in [3.63, 3.8) is 0 Å². The average Bonchev–Trinajstić information content (AvgIpc) is 2.77. The highest BCUT2D eigenvalue weighted by Gasteiger charge is 2.14. The van der Waals surface area contributed by atoms with Crippen molar-refractivity contribution < 1.29 is 0 Å². The van der Waals surface area contributed by atoms with Crippen LogP contribution in [0.4, 0.5) is 17.3 Å². The Morgan fingerprint density at radius 1 is 1.00 bits per heavy atom. The molecule has 1 saturated heterocycles. The summed E-state index contributed by atoms with van der Waals surface area (Å²) >= 11 is 0. The van der Waals surface area contributed by atoms with Crippen LogP contribution in [0.25, 0.3) is 11.0 Å². The number of nitrogens with one attached hydrogen (secondary N) is 1. The number of anilines is 3. The van der Waals surface area contributed by atoms with E-state index in [9.17, 15) is 4.79 Å². The molecule has 158 valence electrons. The molecule has 1 aromatic carbocycles. The zero-order chi connectivity index (χ0) is 20.9. The zero-order valence-electron chi connectivity index (χ0n) is 17.8. The van der Waals surface area contributed by atoms with Crippen LogP contribution in [-0.4, -0.2) is 52.7 Å². The highest BCUT2D eigenvalue weighted by Crippen LogP contribution is 2.21. The molecule has 1 fully saturated rings. The first-order chi connectivity index (χ1) is 14.6. The number of fused-ring (bicyclic) bond motifs is 1. The fourth-order valence-corrected chi connectivity index (χ4v) is 3.82. The van der Waals surface area contributed by atoms with Crippen molar-refractivity contribution >= 4 is 28.4 Å². The third-order valence-corrected chi connectivity index (χ3v) is 5.70. The Bertz CT molecular complexity index is 1040. The molecule has 0 amide bonds. The maximum absolute atomic E-state index is 12.4. The van der Waals surface area contributed by atoms with Crippen LogP contribution in [0.3, 0.4) is 0 Å². The van der Waals surface area contributed by atoms with Crippen LogP contribution in [0.5, 0.6) is 0 Å². The molecule has 30 heavy (non-hydrogen) atoms. The summed E-state index contributed by atoms with van der Waals surface area (Å²) in [6.45, 7) is 7.11. The van der Waals surface area contributed by atoms with Crippen LogP contribution >= 0.6 is 0 Å². The lowest BCUT2D eigenvalue weighted by Crippen LogP contribution is -2.44. The quantitative estimate of drug-likeness (QED) is 0.606. The van der Waals surface area contributed by atoms with Gasteiger partial charge in [-0.3, -0.25) is 9.36 Å². The van der Waals surface area contributed by atoms with Gasteiger partial charge in [-0.2, -0.15) is 4.98 Å². The highest BCUT2D eigenvalue weighted by molar-refractivity contribution is 5.75. The fraction of sp³-hybridized carbons (Fsp3) is 0.435. The van der Waals surface area contributed by atoms with Crippen molar-refractivity contribution in [2.24, 2.45) is 0 Å². The average molecular weight is 407 g/mol. The second kappa shape index (κ2) is 9.26. The van der Waals surface area contributed by atoms with Gasteiger partial charge in [-0.05, 0) is 43.8 Å². The Labute approximate surface area is 177 Å². The third-order valence-electron chi connectivity index (χ3n) is 5.70. The molecule has 3 heterocycles. The Morgan fingerprint density at radius 2 is 1.77 bits per heavy atom. The number of hydrogen-bond donors (Lipinski definition) is 1. The summed E-state index contributed by atoms with van der Waals surface area (Å²) in [6.07, 6.45) is 4.96. The van der Waals surface area contributed by atoms with E-state index in [1.807, 2.05) is 0 Å². The molecular formula is C23H30N6O. The summed E-state index contributed by atoms with van der Waals surface area (Å²) in [5, 5.41) is 4.16. The summed E-state index contributed by atoms with van der Waals surface area (Å²) in [5.74, 6) is 0.504. The third kappa shape index (κ3) is 4.62. The topological polar surface area (TPSA) is 66.3 Å². The van der Waals surface area contributed by atoms with Gasteiger partial charge in [-0.15, -0.1) is 0 Å². The summed E-state index contributed by atoms with van der Waals surface area (Å²) < 4.78 is 1.76. The molecule has 1 N–H and O–H groups in total. The number of aryl methyl sites for hydroxylation is 1. The van der Waals surface area contributed by atoms with Crippen LogP contribution in [0.2, 0.25) is 0 Å². The Hall–Kier alpha value is -2.93. The molecule has 0 bridgehead atoms.